The van der Waals surface area contributed by atoms with Crippen LogP contribution in [0.15, 0.2) is 48.6 Å². The number of hydrogen-bond acceptors (Lipinski definition) is 6. The Morgan fingerprint density at radius 1 is 0.643 bits per heavy atom. The minimum absolute atomic E-state index is 0.105. The van der Waals surface area contributed by atoms with Crippen LogP contribution in [-0.2, 0) is 19.1 Å². The molecule has 0 fully saturated rings. The molecule has 0 aromatic heterocycles. The van der Waals surface area contributed by atoms with Gasteiger partial charge in [0, 0.05) is 12.8 Å². The molecule has 42 heavy (non-hydrogen) atoms. The zero-order chi connectivity index (χ0) is 30.9. The Morgan fingerprint density at radius 2 is 1.17 bits per heavy atom. The molecule has 0 aromatic carbocycles. The highest BCUT2D eigenvalue weighted by molar-refractivity contribution is 5.70. The fourth-order valence-corrected chi connectivity index (χ4v) is 4.38. The summed E-state index contributed by atoms with van der Waals surface area (Å²) in [7, 11) is 0. The van der Waals surface area contributed by atoms with Gasteiger partial charge in [0.1, 0.15) is 6.61 Å². The second-order valence-electron chi connectivity index (χ2n) is 11.1. The monoisotopic (exact) mass is 590 g/mol. The van der Waals surface area contributed by atoms with Crippen molar-refractivity contribution in [1.82, 2.24) is 0 Å². The zero-order valence-corrected chi connectivity index (χ0v) is 26.9. The molecule has 0 amide bonds. The molecule has 0 heterocycles. The van der Waals surface area contributed by atoms with E-state index in [2.05, 4.69) is 62.5 Å². The van der Waals surface area contributed by atoms with Gasteiger partial charge in [-0.2, -0.15) is 0 Å². The molecule has 0 radical (unpaired) electrons. The van der Waals surface area contributed by atoms with E-state index in [1.807, 2.05) is 0 Å². The van der Waals surface area contributed by atoms with Crippen molar-refractivity contribution < 1.29 is 29.3 Å². The van der Waals surface area contributed by atoms with Crippen LogP contribution in [0, 0.1) is 0 Å². The molecule has 6 heteroatoms. The van der Waals surface area contributed by atoms with E-state index in [-0.39, 0.29) is 31.3 Å². The minimum atomic E-state index is -0.799. The number of rotatable bonds is 29. The highest BCUT2D eigenvalue weighted by Gasteiger charge is 2.16. The number of carbonyl (C=O) groups excluding carboxylic acids is 2. The zero-order valence-electron chi connectivity index (χ0n) is 26.9. The lowest BCUT2D eigenvalue weighted by molar-refractivity contribution is -0.161. The van der Waals surface area contributed by atoms with Crippen LogP contribution < -0.4 is 0 Å². The lowest BCUT2D eigenvalue weighted by atomic mass is 10.1. The summed E-state index contributed by atoms with van der Waals surface area (Å²) in [4.78, 5) is 24.0. The van der Waals surface area contributed by atoms with Gasteiger partial charge in [-0.05, 0) is 51.4 Å². The summed E-state index contributed by atoms with van der Waals surface area (Å²) in [5.74, 6) is -0.682. The minimum Gasteiger partial charge on any atom is -0.462 e. The lowest BCUT2D eigenvalue weighted by Crippen LogP contribution is -2.28. The summed E-state index contributed by atoms with van der Waals surface area (Å²) in [6.45, 7) is 3.85. The number of unbranched alkanes of at least 4 members (excludes halogenated alkanes) is 10. The van der Waals surface area contributed by atoms with E-state index in [0.717, 1.165) is 64.2 Å². The summed E-state index contributed by atoms with van der Waals surface area (Å²) in [6.07, 6.45) is 35.2. The number of esters is 2. The van der Waals surface area contributed by atoms with E-state index in [0.29, 0.717) is 19.3 Å². The number of aliphatic hydroxyl groups is 2. The van der Waals surface area contributed by atoms with Crippen molar-refractivity contribution in [1.29, 1.82) is 0 Å². The maximum Gasteiger partial charge on any atom is 0.306 e. The molecule has 2 atom stereocenters. The van der Waals surface area contributed by atoms with Gasteiger partial charge >= 0.3 is 11.9 Å². The predicted molar refractivity (Wildman–Crippen MR) is 174 cm³/mol. The van der Waals surface area contributed by atoms with Crippen molar-refractivity contribution in [2.75, 3.05) is 13.2 Å². The Balaban J connectivity index is 3.74. The molecular formula is C36H62O6. The topological polar surface area (TPSA) is 93.1 Å². The van der Waals surface area contributed by atoms with Crippen molar-refractivity contribution in [3.8, 4) is 0 Å². The van der Waals surface area contributed by atoms with E-state index < -0.39 is 6.10 Å². The summed E-state index contributed by atoms with van der Waals surface area (Å²) in [5.41, 5.74) is 0. The van der Waals surface area contributed by atoms with E-state index in [1.165, 1.54) is 44.9 Å². The maximum absolute atomic E-state index is 12.0. The third-order valence-corrected chi connectivity index (χ3v) is 6.93. The molecule has 6 nitrogen and oxygen atoms in total. The molecule has 1 unspecified atom stereocenters. The second kappa shape index (κ2) is 31.7. The molecule has 0 aromatic rings. The van der Waals surface area contributed by atoms with Crippen LogP contribution in [0.1, 0.15) is 142 Å². The van der Waals surface area contributed by atoms with Gasteiger partial charge in [-0.3, -0.25) is 9.59 Å². The first-order chi connectivity index (χ1) is 20.5. The molecule has 0 aliphatic rings. The fraction of sp³-hybridized carbons (Fsp3) is 0.722. The van der Waals surface area contributed by atoms with E-state index in [4.69, 9.17) is 9.47 Å². The van der Waals surface area contributed by atoms with Crippen LogP contribution in [0.25, 0.3) is 0 Å². The molecule has 242 valence electrons. The van der Waals surface area contributed by atoms with Crippen molar-refractivity contribution in [3.05, 3.63) is 48.6 Å². The van der Waals surface area contributed by atoms with E-state index in [9.17, 15) is 19.8 Å². The average molecular weight is 591 g/mol. The summed E-state index contributed by atoms with van der Waals surface area (Å²) in [6, 6.07) is 0. The molecular weight excluding hydrogens is 528 g/mol. The summed E-state index contributed by atoms with van der Waals surface area (Å²) >= 11 is 0. The van der Waals surface area contributed by atoms with Crippen molar-refractivity contribution in [2.45, 2.75) is 154 Å². The Morgan fingerprint density at radius 3 is 1.74 bits per heavy atom. The Bertz CT molecular complexity index is 739. The maximum atomic E-state index is 12.0. The summed E-state index contributed by atoms with van der Waals surface area (Å²) < 4.78 is 10.5. The molecule has 0 saturated carbocycles. The third-order valence-electron chi connectivity index (χ3n) is 6.93. The standard InChI is InChI=1S/C36H62O6/c1-3-5-6-7-8-9-16-20-23-26-30-36(40)42-34(31-37)32-41-35(39)29-25-22-19-17-14-12-10-11-13-15-18-21-24-28-33(38)27-4-2/h10,12-13,15,17,19,21,24,33-34,37-38H,3-9,11,14,16,18,20,22-23,25-32H2,1-2H3/b12-10-,15-13-,19-17-,24-21-/t33?,34-/m0/s1. The molecule has 0 bridgehead atoms. The quantitative estimate of drug-likeness (QED) is 0.0513. The van der Waals surface area contributed by atoms with Crippen LogP contribution in [0.3, 0.4) is 0 Å². The first-order valence-electron chi connectivity index (χ1n) is 16.8. The molecule has 0 aliphatic carbocycles. The predicted octanol–water partition coefficient (Wildman–Crippen LogP) is 8.86. The SMILES string of the molecule is CCCCCCCCCCCCC(=O)O[C@@H](CO)COC(=O)CCC/C=C\C/C=C\C/C=C\C/C=C\CC(O)CCC. The van der Waals surface area contributed by atoms with Gasteiger partial charge in [-0.15, -0.1) is 0 Å². The highest BCUT2D eigenvalue weighted by atomic mass is 16.6. The van der Waals surface area contributed by atoms with Gasteiger partial charge in [0.05, 0.1) is 12.7 Å². The molecule has 0 rings (SSSR count). The third kappa shape index (κ3) is 29.3. The Kier molecular flexibility index (Phi) is 30.1. The van der Waals surface area contributed by atoms with Crippen LogP contribution in [0.4, 0.5) is 0 Å². The van der Waals surface area contributed by atoms with Gasteiger partial charge in [-0.1, -0.05) is 127 Å². The summed E-state index contributed by atoms with van der Waals surface area (Å²) in [5, 5.41) is 19.1. The Labute approximate surface area is 257 Å². The van der Waals surface area contributed by atoms with E-state index in [1.54, 1.807) is 0 Å². The van der Waals surface area contributed by atoms with Gasteiger partial charge in [0.25, 0.3) is 0 Å². The van der Waals surface area contributed by atoms with Gasteiger partial charge < -0.3 is 19.7 Å². The number of hydrogen-bond donors (Lipinski definition) is 2. The largest absolute Gasteiger partial charge is 0.462 e. The fourth-order valence-electron chi connectivity index (χ4n) is 4.38. The highest BCUT2D eigenvalue weighted by Crippen LogP contribution is 2.12. The van der Waals surface area contributed by atoms with Crippen molar-refractivity contribution >= 4 is 11.9 Å². The number of ether oxygens (including phenoxy) is 2. The number of aliphatic hydroxyl groups excluding tert-OH is 2. The van der Waals surface area contributed by atoms with Crippen LogP contribution in [0.5, 0.6) is 0 Å². The van der Waals surface area contributed by atoms with Crippen molar-refractivity contribution in [3.63, 3.8) is 0 Å². The van der Waals surface area contributed by atoms with E-state index >= 15 is 0 Å². The molecule has 2 N–H and O–H groups in total. The molecule has 0 saturated heterocycles. The van der Waals surface area contributed by atoms with Gasteiger partial charge in [-0.25, -0.2) is 0 Å². The first-order valence-corrected chi connectivity index (χ1v) is 16.8. The lowest BCUT2D eigenvalue weighted by Gasteiger charge is -2.15. The van der Waals surface area contributed by atoms with Gasteiger partial charge in [0.2, 0.25) is 0 Å². The van der Waals surface area contributed by atoms with Crippen LogP contribution in [-0.4, -0.2) is 47.6 Å². The Hall–Kier alpha value is -2.18. The first kappa shape index (κ1) is 39.8. The average Bonchev–Trinajstić information content (AvgIpc) is 2.98. The van der Waals surface area contributed by atoms with Crippen molar-refractivity contribution in [2.24, 2.45) is 0 Å². The number of carbonyl (C=O) groups is 2. The normalized spacial score (nSPS) is 13.5. The number of allylic oxidation sites excluding steroid dienone is 7. The molecule has 0 spiro atoms. The second-order valence-corrected chi connectivity index (χ2v) is 11.1. The smallest absolute Gasteiger partial charge is 0.306 e. The van der Waals surface area contributed by atoms with Crippen LogP contribution in [0.2, 0.25) is 0 Å². The van der Waals surface area contributed by atoms with Crippen LogP contribution >= 0.6 is 0 Å². The molecule has 0 aliphatic heterocycles. The van der Waals surface area contributed by atoms with Gasteiger partial charge in [0.15, 0.2) is 6.10 Å².